The zero-order valence-corrected chi connectivity index (χ0v) is 15.5. The van der Waals surface area contributed by atoms with E-state index in [2.05, 4.69) is 25.8 Å². The van der Waals surface area contributed by atoms with E-state index in [1.54, 1.807) is 43.3 Å². The van der Waals surface area contributed by atoms with Gasteiger partial charge in [0.15, 0.2) is 5.76 Å². The van der Waals surface area contributed by atoms with Crippen molar-refractivity contribution in [1.29, 1.82) is 0 Å². The number of amides is 2. The molecule has 0 saturated heterocycles. The lowest BCUT2D eigenvalue weighted by Gasteiger charge is -2.05. The Morgan fingerprint density at radius 1 is 1.00 bits per heavy atom. The molecule has 0 fully saturated rings. The lowest BCUT2D eigenvalue weighted by molar-refractivity contribution is 0.0996. The molecule has 0 saturated carbocycles. The molecule has 0 atom stereocenters. The summed E-state index contributed by atoms with van der Waals surface area (Å²) in [4.78, 5) is 28.3. The van der Waals surface area contributed by atoms with Crippen molar-refractivity contribution in [2.45, 2.75) is 6.92 Å². The molecule has 0 radical (unpaired) electrons. The Bertz CT molecular complexity index is 1010. The molecule has 146 valence electrons. The Kier molecular flexibility index (Phi) is 6.51. The molecule has 0 spiro atoms. The van der Waals surface area contributed by atoms with E-state index in [1.165, 1.54) is 12.5 Å². The monoisotopic (exact) mass is 390 g/mol. The van der Waals surface area contributed by atoms with Gasteiger partial charge < -0.3 is 9.73 Å². The first kappa shape index (κ1) is 19.6. The molecule has 0 unspecified atom stereocenters. The van der Waals surface area contributed by atoms with E-state index >= 15 is 0 Å². The fourth-order valence-electron chi connectivity index (χ4n) is 2.28. The van der Waals surface area contributed by atoms with Crippen LogP contribution in [0.2, 0.25) is 0 Å². The van der Waals surface area contributed by atoms with E-state index in [9.17, 15) is 9.59 Å². The molecule has 2 aromatic carbocycles. The van der Waals surface area contributed by atoms with Crippen LogP contribution >= 0.6 is 0 Å². The lowest BCUT2D eigenvalue weighted by atomic mass is 10.1. The number of hydrogen-bond acceptors (Lipinski definition) is 6. The summed E-state index contributed by atoms with van der Waals surface area (Å²) in [6.07, 6.45) is 2.05. The molecule has 8 nitrogen and oxygen atoms in total. The molecule has 29 heavy (non-hydrogen) atoms. The molecular formula is C21H18N4O4. The van der Waals surface area contributed by atoms with E-state index in [1.807, 2.05) is 30.3 Å². The Labute approximate surface area is 166 Å². The highest BCUT2D eigenvalue weighted by atomic mass is 16.7. The number of rotatable bonds is 6. The van der Waals surface area contributed by atoms with Gasteiger partial charge in [0.1, 0.15) is 0 Å². The molecule has 1 aromatic heterocycles. The molecule has 2 N–H and O–H groups in total. The van der Waals surface area contributed by atoms with Gasteiger partial charge in [-0.05, 0) is 42.3 Å². The van der Waals surface area contributed by atoms with Crippen LogP contribution in [0.1, 0.15) is 28.6 Å². The standard InChI is InChI=1S/C21H18N4O4/c1-15(24-25-21(27)29-22-14-16-6-3-2-4-7-16)17-9-11-18(12-10-17)23-20(26)19-8-5-13-28-19/h2-14H,1H3,(H,23,26)(H,25,27). The average Bonchev–Trinajstić information content (AvgIpc) is 3.28. The summed E-state index contributed by atoms with van der Waals surface area (Å²) in [7, 11) is 0. The minimum Gasteiger partial charge on any atom is -0.459 e. The number of nitrogens with one attached hydrogen (secondary N) is 2. The van der Waals surface area contributed by atoms with Gasteiger partial charge in [0, 0.05) is 5.69 Å². The minimum absolute atomic E-state index is 0.226. The molecule has 0 aliphatic rings. The van der Waals surface area contributed by atoms with Gasteiger partial charge >= 0.3 is 6.09 Å². The van der Waals surface area contributed by atoms with Crippen LogP contribution in [-0.2, 0) is 4.84 Å². The van der Waals surface area contributed by atoms with Gasteiger partial charge in [-0.2, -0.15) is 5.10 Å². The van der Waals surface area contributed by atoms with E-state index in [0.29, 0.717) is 11.4 Å². The molecule has 3 rings (SSSR count). The maximum absolute atomic E-state index is 11.9. The fourth-order valence-corrected chi connectivity index (χ4v) is 2.28. The highest BCUT2D eigenvalue weighted by Crippen LogP contribution is 2.12. The Hall–Kier alpha value is -4.20. The van der Waals surface area contributed by atoms with Crippen LogP contribution < -0.4 is 10.7 Å². The normalized spacial score (nSPS) is 11.3. The summed E-state index contributed by atoms with van der Waals surface area (Å²) in [6.45, 7) is 1.73. The number of hydrogen-bond donors (Lipinski definition) is 2. The Balaban J connectivity index is 1.50. The number of anilines is 1. The minimum atomic E-state index is -0.807. The summed E-state index contributed by atoms with van der Waals surface area (Å²) in [5.74, 6) is -0.113. The summed E-state index contributed by atoms with van der Waals surface area (Å²) >= 11 is 0. The van der Waals surface area contributed by atoms with Crippen molar-refractivity contribution in [3.8, 4) is 0 Å². The molecule has 0 bridgehead atoms. The second kappa shape index (κ2) is 9.65. The van der Waals surface area contributed by atoms with Gasteiger partial charge in [-0.25, -0.2) is 10.2 Å². The van der Waals surface area contributed by atoms with Crippen molar-refractivity contribution in [3.05, 3.63) is 89.9 Å². The van der Waals surface area contributed by atoms with Crippen LogP contribution in [0, 0.1) is 0 Å². The van der Waals surface area contributed by atoms with Crippen LogP contribution in [0.5, 0.6) is 0 Å². The topological polar surface area (TPSA) is 105 Å². The third-order valence-electron chi connectivity index (χ3n) is 3.76. The van der Waals surface area contributed by atoms with Crippen LogP contribution in [-0.4, -0.2) is 23.9 Å². The predicted molar refractivity (Wildman–Crippen MR) is 109 cm³/mol. The third kappa shape index (κ3) is 5.90. The van der Waals surface area contributed by atoms with Gasteiger partial charge in [0.05, 0.1) is 18.2 Å². The smallest absolute Gasteiger partial charge is 0.453 e. The van der Waals surface area contributed by atoms with E-state index < -0.39 is 6.09 Å². The molecule has 8 heteroatoms. The number of hydrazone groups is 1. The quantitative estimate of drug-likeness (QED) is 0.377. The predicted octanol–water partition coefficient (Wildman–Crippen LogP) is 4.02. The summed E-state index contributed by atoms with van der Waals surface area (Å²) in [5.41, 5.74) is 4.98. The zero-order chi connectivity index (χ0) is 20.5. The number of carbonyl (C=O) groups excluding carboxylic acids is 2. The lowest BCUT2D eigenvalue weighted by Crippen LogP contribution is -2.18. The van der Waals surface area contributed by atoms with E-state index in [0.717, 1.165) is 11.1 Å². The number of furan rings is 1. The number of oxime groups is 1. The second-order valence-corrected chi connectivity index (χ2v) is 5.84. The second-order valence-electron chi connectivity index (χ2n) is 5.84. The van der Waals surface area contributed by atoms with Gasteiger partial charge in [-0.15, -0.1) is 0 Å². The molecule has 3 aromatic rings. The summed E-state index contributed by atoms with van der Waals surface area (Å²) in [6, 6.07) is 19.4. The number of carbonyl (C=O) groups is 2. The van der Waals surface area contributed by atoms with Crippen LogP contribution in [0.25, 0.3) is 0 Å². The van der Waals surface area contributed by atoms with E-state index in [4.69, 9.17) is 4.42 Å². The van der Waals surface area contributed by atoms with Crippen molar-refractivity contribution in [3.63, 3.8) is 0 Å². The van der Waals surface area contributed by atoms with E-state index in [-0.39, 0.29) is 11.7 Å². The summed E-state index contributed by atoms with van der Waals surface area (Å²) in [5, 5.41) is 10.3. The Morgan fingerprint density at radius 2 is 1.76 bits per heavy atom. The first-order valence-corrected chi connectivity index (χ1v) is 8.67. The average molecular weight is 390 g/mol. The molecule has 0 aliphatic carbocycles. The van der Waals surface area contributed by atoms with Crippen LogP contribution in [0.4, 0.5) is 10.5 Å². The summed E-state index contributed by atoms with van der Waals surface area (Å²) < 4.78 is 5.04. The SMILES string of the molecule is CC(=NNC(=O)ON=Cc1ccccc1)c1ccc(NC(=O)c2ccco2)cc1. The third-order valence-corrected chi connectivity index (χ3v) is 3.76. The maximum atomic E-state index is 11.9. The van der Waals surface area contributed by atoms with Gasteiger partial charge in [-0.3, -0.25) is 9.63 Å². The molecule has 0 aliphatic heterocycles. The highest BCUT2D eigenvalue weighted by Gasteiger charge is 2.09. The molecule has 2 amide bonds. The van der Waals surface area contributed by atoms with Gasteiger partial charge in [0.2, 0.25) is 0 Å². The Morgan fingerprint density at radius 3 is 2.45 bits per heavy atom. The van der Waals surface area contributed by atoms with Crippen molar-refractivity contribution < 1.29 is 18.8 Å². The molecular weight excluding hydrogens is 372 g/mol. The van der Waals surface area contributed by atoms with Crippen molar-refractivity contribution in [2.24, 2.45) is 10.3 Å². The van der Waals surface area contributed by atoms with Gasteiger partial charge in [-0.1, -0.05) is 47.6 Å². The number of nitrogens with zero attached hydrogens (tertiary/aromatic N) is 2. The molecule has 1 heterocycles. The van der Waals surface area contributed by atoms with Crippen molar-refractivity contribution in [1.82, 2.24) is 5.43 Å². The first-order valence-electron chi connectivity index (χ1n) is 8.67. The van der Waals surface area contributed by atoms with Gasteiger partial charge in [0.25, 0.3) is 5.91 Å². The van der Waals surface area contributed by atoms with Crippen molar-refractivity contribution >= 4 is 29.6 Å². The zero-order valence-electron chi connectivity index (χ0n) is 15.5. The van der Waals surface area contributed by atoms with Crippen molar-refractivity contribution in [2.75, 3.05) is 5.32 Å². The number of benzene rings is 2. The van der Waals surface area contributed by atoms with Crippen LogP contribution in [0.15, 0.2) is 87.7 Å². The first-order chi connectivity index (χ1) is 14.1. The van der Waals surface area contributed by atoms with Crippen LogP contribution in [0.3, 0.4) is 0 Å². The maximum Gasteiger partial charge on any atom is 0.453 e. The largest absolute Gasteiger partial charge is 0.459 e. The fraction of sp³-hybridized carbons (Fsp3) is 0.0476. The highest BCUT2D eigenvalue weighted by molar-refractivity contribution is 6.03.